The molecular formula is C11H10O3. The zero-order valence-corrected chi connectivity index (χ0v) is 7.42. The second-order valence-electron chi connectivity index (χ2n) is 2.62. The predicted molar refractivity (Wildman–Crippen MR) is 53.9 cm³/mol. The summed E-state index contributed by atoms with van der Waals surface area (Å²) in [6, 6.07) is 6.82. The number of rotatable bonds is 3. The van der Waals surface area contributed by atoms with Crippen molar-refractivity contribution in [3.05, 3.63) is 48.1 Å². The summed E-state index contributed by atoms with van der Waals surface area (Å²) in [5.41, 5.74) is 0.655. The smallest absolute Gasteiger partial charge is 0.328 e. The Morgan fingerprint density at radius 2 is 1.93 bits per heavy atom. The van der Waals surface area contributed by atoms with Crippen LogP contribution in [0.3, 0.4) is 0 Å². The average Bonchev–Trinajstić information content (AvgIpc) is 2.15. The van der Waals surface area contributed by atoms with E-state index in [1.54, 1.807) is 36.4 Å². The first kappa shape index (κ1) is 10.1. The highest BCUT2D eigenvalue weighted by Crippen LogP contribution is 2.16. The van der Waals surface area contributed by atoms with Crippen LogP contribution >= 0.6 is 0 Å². The highest BCUT2D eigenvalue weighted by Gasteiger charge is 1.91. The molecule has 1 aromatic rings. The summed E-state index contributed by atoms with van der Waals surface area (Å²) < 4.78 is 0. The zero-order chi connectivity index (χ0) is 10.4. The third-order valence-electron chi connectivity index (χ3n) is 1.56. The summed E-state index contributed by atoms with van der Waals surface area (Å²) in [4.78, 5) is 10.1. The summed E-state index contributed by atoms with van der Waals surface area (Å²) >= 11 is 0. The minimum absolute atomic E-state index is 0.174. The first-order valence-corrected chi connectivity index (χ1v) is 4.06. The third-order valence-corrected chi connectivity index (χ3v) is 1.56. The quantitative estimate of drug-likeness (QED) is 0.566. The van der Waals surface area contributed by atoms with Crippen molar-refractivity contribution >= 4 is 12.0 Å². The van der Waals surface area contributed by atoms with Gasteiger partial charge in [-0.1, -0.05) is 36.4 Å². The Morgan fingerprint density at radius 1 is 1.21 bits per heavy atom. The molecule has 0 saturated heterocycles. The Bertz CT molecular complexity index is 378. The molecule has 0 unspecified atom stereocenters. The summed E-state index contributed by atoms with van der Waals surface area (Å²) in [7, 11) is 0. The number of carboxylic acids is 1. The maximum absolute atomic E-state index is 10.1. The van der Waals surface area contributed by atoms with E-state index < -0.39 is 5.97 Å². The molecule has 1 rings (SSSR count). The van der Waals surface area contributed by atoms with Gasteiger partial charge in [0.25, 0.3) is 0 Å². The fourth-order valence-corrected chi connectivity index (χ4v) is 0.926. The number of aliphatic carboxylic acids is 1. The van der Waals surface area contributed by atoms with E-state index in [1.165, 1.54) is 6.08 Å². The highest BCUT2D eigenvalue weighted by atomic mass is 16.4. The largest absolute Gasteiger partial charge is 0.507 e. The lowest BCUT2D eigenvalue weighted by atomic mass is 10.2. The molecule has 2 N–H and O–H groups in total. The van der Waals surface area contributed by atoms with Crippen molar-refractivity contribution in [1.29, 1.82) is 0 Å². The fraction of sp³-hybridized carbons (Fsp3) is 0. The van der Waals surface area contributed by atoms with Crippen molar-refractivity contribution in [3.8, 4) is 5.75 Å². The van der Waals surface area contributed by atoms with E-state index >= 15 is 0 Å². The molecule has 14 heavy (non-hydrogen) atoms. The Morgan fingerprint density at radius 3 is 2.57 bits per heavy atom. The van der Waals surface area contributed by atoms with E-state index in [0.29, 0.717) is 5.56 Å². The van der Waals surface area contributed by atoms with E-state index in [-0.39, 0.29) is 5.75 Å². The lowest BCUT2D eigenvalue weighted by Crippen LogP contribution is -1.84. The number of carboxylic acid groups (broad SMARTS) is 1. The van der Waals surface area contributed by atoms with Crippen LogP contribution in [-0.2, 0) is 4.79 Å². The Hall–Kier alpha value is -2.03. The maximum atomic E-state index is 10.1. The second-order valence-corrected chi connectivity index (χ2v) is 2.62. The van der Waals surface area contributed by atoms with Gasteiger partial charge >= 0.3 is 5.97 Å². The highest BCUT2D eigenvalue weighted by molar-refractivity contribution is 5.80. The molecule has 0 amide bonds. The van der Waals surface area contributed by atoms with Crippen LogP contribution in [0.5, 0.6) is 5.75 Å². The normalized spacial score (nSPS) is 11.1. The van der Waals surface area contributed by atoms with Crippen molar-refractivity contribution in [3.63, 3.8) is 0 Å². The third kappa shape index (κ3) is 3.15. The summed E-state index contributed by atoms with van der Waals surface area (Å²) in [5.74, 6) is -0.820. The predicted octanol–water partition coefficient (Wildman–Crippen LogP) is 2.05. The minimum Gasteiger partial charge on any atom is -0.507 e. The number of allylic oxidation sites excluding steroid dienone is 2. The number of phenolic OH excluding ortho intramolecular Hbond substituents is 1. The standard InChI is InChI=1S/C11H10O3/c12-10-7-3-1-5-9(10)6-2-4-8-11(13)14/h1-8,12H,(H,13,14)/b6-2+,8-4-. The number of benzene rings is 1. The van der Waals surface area contributed by atoms with Gasteiger partial charge in [-0.25, -0.2) is 4.79 Å². The lowest BCUT2D eigenvalue weighted by Gasteiger charge is -1.95. The molecule has 72 valence electrons. The summed E-state index contributed by atoms with van der Waals surface area (Å²) in [6.07, 6.45) is 5.61. The van der Waals surface area contributed by atoms with Gasteiger partial charge in [0, 0.05) is 11.6 Å². The number of hydrogen-bond donors (Lipinski definition) is 2. The Labute approximate surface area is 81.6 Å². The molecule has 0 bridgehead atoms. The topological polar surface area (TPSA) is 57.5 Å². The minimum atomic E-state index is -0.994. The van der Waals surface area contributed by atoms with E-state index in [4.69, 9.17) is 5.11 Å². The molecule has 0 aliphatic rings. The fourth-order valence-electron chi connectivity index (χ4n) is 0.926. The molecule has 3 heteroatoms. The van der Waals surface area contributed by atoms with Gasteiger partial charge in [-0.2, -0.15) is 0 Å². The van der Waals surface area contributed by atoms with Crippen LogP contribution in [0, 0.1) is 0 Å². The van der Waals surface area contributed by atoms with Gasteiger partial charge in [-0.3, -0.25) is 0 Å². The van der Waals surface area contributed by atoms with Crippen molar-refractivity contribution in [1.82, 2.24) is 0 Å². The van der Waals surface area contributed by atoms with Crippen LogP contribution in [0.15, 0.2) is 42.5 Å². The van der Waals surface area contributed by atoms with Crippen molar-refractivity contribution in [2.75, 3.05) is 0 Å². The molecule has 0 aliphatic heterocycles. The molecule has 0 heterocycles. The average molecular weight is 190 g/mol. The first-order chi connectivity index (χ1) is 6.70. The Kier molecular flexibility index (Phi) is 3.49. The van der Waals surface area contributed by atoms with Gasteiger partial charge in [-0.05, 0) is 6.07 Å². The number of phenols is 1. The molecule has 0 fully saturated rings. The van der Waals surface area contributed by atoms with Crippen LogP contribution in [-0.4, -0.2) is 16.2 Å². The number of hydrogen-bond acceptors (Lipinski definition) is 2. The first-order valence-electron chi connectivity index (χ1n) is 4.06. The van der Waals surface area contributed by atoms with Crippen LogP contribution < -0.4 is 0 Å². The van der Waals surface area contributed by atoms with Crippen LogP contribution in [0.2, 0.25) is 0 Å². The van der Waals surface area contributed by atoms with E-state index in [2.05, 4.69) is 0 Å². The monoisotopic (exact) mass is 190 g/mol. The second kappa shape index (κ2) is 4.87. The molecular weight excluding hydrogens is 180 g/mol. The lowest BCUT2D eigenvalue weighted by molar-refractivity contribution is -0.131. The van der Waals surface area contributed by atoms with Crippen molar-refractivity contribution in [2.45, 2.75) is 0 Å². The number of carbonyl (C=O) groups is 1. The van der Waals surface area contributed by atoms with E-state index in [1.807, 2.05) is 0 Å². The molecule has 0 saturated carbocycles. The van der Waals surface area contributed by atoms with Gasteiger partial charge in [0.15, 0.2) is 0 Å². The van der Waals surface area contributed by atoms with Gasteiger partial charge in [0.2, 0.25) is 0 Å². The van der Waals surface area contributed by atoms with Crippen LogP contribution in [0.4, 0.5) is 0 Å². The van der Waals surface area contributed by atoms with Crippen LogP contribution in [0.1, 0.15) is 5.56 Å². The number of para-hydroxylation sites is 1. The van der Waals surface area contributed by atoms with E-state index in [9.17, 15) is 9.90 Å². The van der Waals surface area contributed by atoms with Gasteiger partial charge in [0.05, 0.1) is 0 Å². The molecule has 0 spiro atoms. The van der Waals surface area contributed by atoms with Gasteiger partial charge in [-0.15, -0.1) is 0 Å². The molecule has 3 nitrogen and oxygen atoms in total. The summed E-state index contributed by atoms with van der Waals surface area (Å²) in [6.45, 7) is 0. The van der Waals surface area contributed by atoms with Crippen LogP contribution in [0.25, 0.3) is 6.08 Å². The van der Waals surface area contributed by atoms with Gasteiger partial charge < -0.3 is 10.2 Å². The van der Waals surface area contributed by atoms with E-state index in [0.717, 1.165) is 6.08 Å². The van der Waals surface area contributed by atoms with Gasteiger partial charge in [0.1, 0.15) is 5.75 Å². The zero-order valence-electron chi connectivity index (χ0n) is 7.42. The van der Waals surface area contributed by atoms with Crippen molar-refractivity contribution < 1.29 is 15.0 Å². The molecule has 0 aliphatic carbocycles. The maximum Gasteiger partial charge on any atom is 0.328 e. The number of aromatic hydroxyl groups is 1. The molecule has 0 aromatic heterocycles. The molecule has 0 radical (unpaired) electrons. The molecule has 0 atom stereocenters. The Balaban J connectivity index is 2.69. The van der Waals surface area contributed by atoms with Crippen molar-refractivity contribution in [2.24, 2.45) is 0 Å². The molecule has 1 aromatic carbocycles. The summed E-state index contributed by atoms with van der Waals surface area (Å²) in [5, 5.41) is 17.6. The SMILES string of the molecule is O=C(O)/C=C\C=C\c1ccccc1O.